The topological polar surface area (TPSA) is 35.5 Å². The first kappa shape index (κ1) is 19.1. The second kappa shape index (κ2) is 13.7. The molecule has 1 heterocycles. The van der Waals surface area contributed by atoms with Gasteiger partial charge in [0.05, 0.1) is 12.8 Å². The van der Waals surface area contributed by atoms with Gasteiger partial charge in [-0.05, 0) is 38.5 Å². The number of nitrogens with one attached hydrogen (secondary N) is 1. The number of aliphatic hydroxyl groups is 1. The van der Waals surface area contributed by atoms with Gasteiger partial charge in [0.15, 0.2) is 0 Å². The summed E-state index contributed by atoms with van der Waals surface area (Å²) in [4.78, 5) is 2.19. The van der Waals surface area contributed by atoms with Crippen LogP contribution in [-0.2, 0) is 0 Å². The van der Waals surface area contributed by atoms with Gasteiger partial charge >= 0.3 is 0 Å². The summed E-state index contributed by atoms with van der Waals surface area (Å²) in [5.74, 6) is 0. The quantitative estimate of drug-likeness (QED) is 0.365. The molecular weight excluding hydrogens is 272 g/mol. The normalized spacial score (nSPS) is 17.5. The van der Waals surface area contributed by atoms with E-state index in [2.05, 4.69) is 29.3 Å². The highest BCUT2D eigenvalue weighted by Gasteiger charge is 2.16. The molecule has 22 heavy (non-hydrogen) atoms. The Kier molecular flexibility index (Phi) is 11.9. The van der Waals surface area contributed by atoms with Gasteiger partial charge in [-0.1, -0.05) is 51.2 Å². The zero-order chi connectivity index (χ0) is 15.9. The summed E-state index contributed by atoms with van der Waals surface area (Å²) >= 11 is 0. The summed E-state index contributed by atoms with van der Waals surface area (Å²) in [6.07, 6.45) is 23.6. The van der Waals surface area contributed by atoms with Gasteiger partial charge in [0, 0.05) is 18.9 Å². The van der Waals surface area contributed by atoms with E-state index in [0.717, 1.165) is 13.0 Å². The Morgan fingerprint density at radius 1 is 1.00 bits per heavy atom. The molecule has 0 aromatic carbocycles. The monoisotopic (exact) mass is 308 g/mol. The average molecular weight is 309 g/mol. The molecule has 0 amide bonds. The van der Waals surface area contributed by atoms with Crippen molar-refractivity contribution in [3.05, 3.63) is 24.6 Å². The van der Waals surface area contributed by atoms with Crippen molar-refractivity contribution < 1.29 is 5.11 Å². The fourth-order valence-electron chi connectivity index (χ4n) is 2.92. The molecule has 0 aromatic heterocycles. The molecule has 1 rings (SSSR count). The van der Waals surface area contributed by atoms with Crippen LogP contribution in [0.15, 0.2) is 24.6 Å². The number of hydrogen-bond donors (Lipinski definition) is 2. The molecule has 1 aliphatic heterocycles. The van der Waals surface area contributed by atoms with Crippen molar-refractivity contribution in [2.75, 3.05) is 13.2 Å². The molecule has 0 aliphatic carbocycles. The second-order valence-electron chi connectivity index (χ2n) is 6.27. The van der Waals surface area contributed by atoms with Gasteiger partial charge in [0.1, 0.15) is 0 Å². The van der Waals surface area contributed by atoms with Crippen molar-refractivity contribution in [2.45, 2.75) is 83.7 Å². The smallest absolute Gasteiger partial charge is 0.0982 e. The number of hydrogen-bond acceptors (Lipinski definition) is 3. The number of rotatable bonds is 14. The first-order chi connectivity index (χ1) is 10.9. The van der Waals surface area contributed by atoms with E-state index in [1.165, 1.54) is 64.2 Å². The molecular formula is C19H36N2O. The maximum absolute atomic E-state index is 9.01. The fraction of sp³-hybridized carbons (Fsp3) is 0.789. The Morgan fingerprint density at radius 3 is 2.36 bits per heavy atom. The van der Waals surface area contributed by atoms with E-state index in [4.69, 9.17) is 5.11 Å². The van der Waals surface area contributed by atoms with Crippen LogP contribution in [0.25, 0.3) is 0 Å². The summed E-state index contributed by atoms with van der Waals surface area (Å²) < 4.78 is 0. The molecule has 0 radical (unpaired) electrons. The highest BCUT2D eigenvalue weighted by atomic mass is 16.3. The van der Waals surface area contributed by atoms with E-state index in [1.807, 2.05) is 12.4 Å². The predicted molar refractivity (Wildman–Crippen MR) is 95.5 cm³/mol. The van der Waals surface area contributed by atoms with E-state index in [0.29, 0.717) is 6.17 Å². The summed E-state index contributed by atoms with van der Waals surface area (Å²) in [6.45, 7) is 3.23. The first-order valence-electron chi connectivity index (χ1n) is 9.32. The molecule has 0 saturated carbocycles. The van der Waals surface area contributed by atoms with E-state index in [9.17, 15) is 0 Å². The Labute approximate surface area is 137 Å². The maximum atomic E-state index is 9.01. The Morgan fingerprint density at radius 2 is 1.68 bits per heavy atom. The molecule has 0 bridgehead atoms. The summed E-state index contributed by atoms with van der Waals surface area (Å²) in [7, 11) is 0. The van der Waals surface area contributed by atoms with Crippen molar-refractivity contribution in [1.29, 1.82) is 0 Å². The number of β-amino-alcohol motifs (C(OH)–C–C–N with tert-alkyl or cyclic N) is 1. The summed E-state index contributed by atoms with van der Waals surface area (Å²) in [5, 5.41) is 12.4. The predicted octanol–water partition coefficient (Wildman–Crippen LogP) is 4.55. The van der Waals surface area contributed by atoms with Crippen molar-refractivity contribution in [3.8, 4) is 0 Å². The van der Waals surface area contributed by atoms with Crippen LogP contribution in [0.5, 0.6) is 0 Å². The molecule has 1 aliphatic rings. The maximum Gasteiger partial charge on any atom is 0.0982 e. The fourth-order valence-corrected chi connectivity index (χ4v) is 2.92. The number of unbranched alkanes of at least 4 members (excludes halogenated alkanes) is 8. The lowest BCUT2D eigenvalue weighted by Gasteiger charge is -2.24. The van der Waals surface area contributed by atoms with E-state index in [1.54, 1.807) is 0 Å². The lowest BCUT2D eigenvalue weighted by atomic mass is 10.1. The second-order valence-corrected chi connectivity index (χ2v) is 6.27. The van der Waals surface area contributed by atoms with Gasteiger partial charge in [-0.25, -0.2) is 0 Å². The van der Waals surface area contributed by atoms with Gasteiger partial charge in [-0.2, -0.15) is 0 Å². The van der Waals surface area contributed by atoms with E-state index in [-0.39, 0.29) is 6.61 Å². The van der Waals surface area contributed by atoms with Crippen LogP contribution in [0.2, 0.25) is 0 Å². The average Bonchev–Trinajstić information content (AvgIpc) is 2.96. The highest BCUT2D eigenvalue weighted by Crippen LogP contribution is 2.13. The van der Waals surface area contributed by atoms with Crippen LogP contribution in [0.1, 0.15) is 77.6 Å². The standard InChI is InChI=1S/C19H36N2O/c1-2-3-4-5-6-7-8-9-10-11-12-13-14-19-20-15-16-21(19)17-18-22/h8-9,15-16,19-20,22H,2-7,10-14,17-18H2,1H3/b9-8+. The lowest BCUT2D eigenvalue weighted by Crippen LogP contribution is -2.36. The molecule has 0 spiro atoms. The van der Waals surface area contributed by atoms with Crippen molar-refractivity contribution >= 4 is 0 Å². The van der Waals surface area contributed by atoms with Crippen LogP contribution in [0.4, 0.5) is 0 Å². The minimum Gasteiger partial charge on any atom is -0.395 e. The van der Waals surface area contributed by atoms with E-state index < -0.39 is 0 Å². The molecule has 3 nitrogen and oxygen atoms in total. The minimum absolute atomic E-state index is 0.228. The number of allylic oxidation sites excluding steroid dienone is 2. The molecule has 1 unspecified atom stereocenters. The highest BCUT2D eigenvalue weighted by molar-refractivity contribution is 4.93. The van der Waals surface area contributed by atoms with Gasteiger partial charge < -0.3 is 15.3 Å². The Hall–Kier alpha value is -0.960. The lowest BCUT2D eigenvalue weighted by molar-refractivity contribution is 0.194. The Balaban J connectivity index is 1.87. The van der Waals surface area contributed by atoms with E-state index >= 15 is 0 Å². The van der Waals surface area contributed by atoms with Crippen molar-refractivity contribution in [1.82, 2.24) is 10.2 Å². The van der Waals surface area contributed by atoms with Crippen molar-refractivity contribution in [3.63, 3.8) is 0 Å². The first-order valence-corrected chi connectivity index (χ1v) is 9.32. The van der Waals surface area contributed by atoms with Gasteiger partial charge in [-0.3, -0.25) is 0 Å². The third-order valence-electron chi connectivity index (χ3n) is 4.30. The molecule has 1 atom stereocenters. The SMILES string of the molecule is CCCCCCC/C=C/CCCCCC1NC=CN1CCO. The number of nitrogens with zero attached hydrogens (tertiary/aromatic N) is 1. The minimum atomic E-state index is 0.228. The van der Waals surface area contributed by atoms with Crippen molar-refractivity contribution in [2.24, 2.45) is 0 Å². The van der Waals surface area contributed by atoms with Gasteiger partial charge in [-0.15, -0.1) is 0 Å². The zero-order valence-electron chi connectivity index (χ0n) is 14.5. The zero-order valence-corrected chi connectivity index (χ0v) is 14.5. The van der Waals surface area contributed by atoms with Crippen LogP contribution in [-0.4, -0.2) is 29.3 Å². The van der Waals surface area contributed by atoms with Gasteiger partial charge in [0.2, 0.25) is 0 Å². The third kappa shape index (κ3) is 9.14. The van der Waals surface area contributed by atoms with Crippen LogP contribution in [0.3, 0.4) is 0 Å². The summed E-state index contributed by atoms with van der Waals surface area (Å²) in [6, 6.07) is 0. The van der Waals surface area contributed by atoms with Crippen LogP contribution in [0, 0.1) is 0 Å². The third-order valence-corrected chi connectivity index (χ3v) is 4.30. The van der Waals surface area contributed by atoms with Crippen LogP contribution >= 0.6 is 0 Å². The number of aliphatic hydroxyl groups excluding tert-OH is 1. The largest absolute Gasteiger partial charge is 0.395 e. The molecule has 0 aromatic rings. The molecule has 0 saturated heterocycles. The molecule has 0 fully saturated rings. The molecule has 2 N–H and O–H groups in total. The summed E-state index contributed by atoms with van der Waals surface area (Å²) in [5.41, 5.74) is 0. The Bertz CT molecular complexity index is 302. The molecule has 3 heteroatoms. The van der Waals surface area contributed by atoms with Crippen LogP contribution < -0.4 is 5.32 Å². The van der Waals surface area contributed by atoms with Gasteiger partial charge in [0.25, 0.3) is 0 Å². The molecule has 128 valence electrons.